The molecule has 1 aromatic heterocycles. The van der Waals surface area contributed by atoms with E-state index in [-0.39, 0.29) is 6.04 Å². The van der Waals surface area contributed by atoms with Crippen molar-refractivity contribution >= 4 is 0 Å². The van der Waals surface area contributed by atoms with Gasteiger partial charge in [0, 0.05) is 31.9 Å². The van der Waals surface area contributed by atoms with Crippen molar-refractivity contribution < 1.29 is 0 Å². The number of hydrogen-bond donors (Lipinski definition) is 1. The molecule has 4 nitrogen and oxygen atoms in total. The van der Waals surface area contributed by atoms with Crippen LogP contribution in [0.2, 0.25) is 0 Å². The summed E-state index contributed by atoms with van der Waals surface area (Å²) in [6, 6.07) is 6.13. The van der Waals surface area contributed by atoms with Gasteiger partial charge >= 0.3 is 0 Å². The Morgan fingerprint density at radius 2 is 2.44 bits per heavy atom. The summed E-state index contributed by atoms with van der Waals surface area (Å²) in [5.74, 6) is 0.553. The topological polar surface area (TPSA) is 65.9 Å². The molecule has 1 saturated heterocycles. The van der Waals surface area contributed by atoms with Gasteiger partial charge in [-0.3, -0.25) is 4.90 Å². The molecule has 4 heteroatoms. The summed E-state index contributed by atoms with van der Waals surface area (Å²) in [4.78, 5) is 6.28. The second-order valence-corrected chi connectivity index (χ2v) is 4.50. The quantitative estimate of drug-likeness (QED) is 0.791. The third kappa shape index (κ3) is 2.38. The van der Waals surface area contributed by atoms with Gasteiger partial charge in [0.25, 0.3) is 0 Å². The smallest absolute Gasteiger partial charge is 0.140 e. The van der Waals surface area contributed by atoms with Gasteiger partial charge in [-0.15, -0.1) is 0 Å². The van der Waals surface area contributed by atoms with Crippen LogP contribution in [0.5, 0.6) is 0 Å². The first-order chi connectivity index (χ1) is 7.69. The summed E-state index contributed by atoms with van der Waals surface area (Å²) in [5.41, 5.74) is 7.58. The van der Waals surface area contributed by atoms with Crippen molar-refractivity contribution in [2.24, 2.45) is 11.7 Å². The van der Waals surface area contributed by atoms with Crippen LogP contribution in [0.1, 0.15) is 18.2 Å². The van der Waals surface area contributed by atoms with Crippen molar-refractivity contribution in [1.82, 2.24) is 9.88 Å². The van der Waals surface area contributed by atoms with Gasteiger partial charge in [-0.25, -0.2) is 4.98 Å². The lowest BCUT2D eigenvalue weighted by Gasteiger charge is -2.14. The lowest BCUT2D eigenvalue weighted by molar-refractivity contribution is 0.319. The molecule has 2 heterocycles. The number of hydrogen-bond acceptors (Lipinski definition) is 4. The summed E-state index contributed by atoms with van der Waals surface area (Å²) in [6.45, 7) is 5.00. The summed E-state index contributed by atoms with van der Waals surface area (Å²) in [7, 11) is 0. The van der Waals surface area contributed by atoms with E-state index in [9.17, 15) is 0 Å². The third-order valence-corrected chi connectivity index (χ3v) is 3.09. The van der Waals surface area contributed by atoms with E-state index in [1.54, 1.807) is 6.20 Å². The molecule has 0 spiro atoms. The number of likely N-dealkylation sites (tertiary alicyclic amines) is 1. The summed E-state index contributed by atoms with van der Waals surface area (Å²) < 4.78 is 0. The van der Waals surface area contributed by atoms with Crippen molar-refractivity contribution in [2.45, 2.75) is 19.5 Å². The zero-order chi connectivity index (χ0) is 11.5. The van der Waals surface area contributed by atoms with Crippen LogP contribution in [-0.2, 0) is 6.54 Å². The average Bonchev–Trinajstić information content (AvgIpc) is 2.58. The molecule has 84 valence electrons. The van der Waals surface area contributed by atoms with E-state index < -0.39 is 0 Å². The molecular weight excluding hydrogens is 200 g/mol. The number of aromatic nitrogens is 1. The highest BCUT2D eigenvalue weighted by Gasteiger charge is 2.26. The van der Waals surface area contributed by atoms with Gasteiger partial charge in [0.15, 0.2) is 0 Å². The molecule has 16 heavy (non-hydrogen) atoms. The van der Waals surface area contributed by atoms with E-state index in [2.05, 4.69) is 22.9 Å². The van der Waals surface area contributed by atoms with Crippen LogP contribution in [0.3, 0.4) is 0 Å². The van der Waals surface area contributed by atoms with Crippen LogP contribution in [0.25, 0.3) is 0 Å². The fourth-order valence-electron chi connectivity index (χ4n) is 2.12. The molecule has 2 N–H and O–H groups in total. The summed E-state index contributed by atoms with van der Waals surface area (Å²) in [5, 5.41) is 8.76. The number of pyridine rings is 1. The molecule has 1 aromatic rings. The Kier molecular flexibility index (Phi) is 3.18. The highest BCUT2D eigenvalue weighted by Crippen LogP contribution is 2.17. The standard InChI is InChI=1S/C12H16N4/c1-9-6-16(8-12(9)14)7-10-2-3-15-11(4-10)5-13/h2-4,9,12H,6-8,14H2,1H3. The Bertz CT molecular complexity index is 400. The van der Waals surface area contributed by atoms with Gasteiger partial charge in [0.05, 0.1) is 0 Å². The summed E-state index contributed by atoms with van der Waals surface area (Å²) >= 11 is 0. The van der Waals surface area contributed by atoms with Gasteiger partial charge in [-0.05, 0) is 23.6 Å². The minimum absolute atomic E-state index is 0.275. The fraction of sp³-hybridized carbons (Fsp3) is 0.500. The van der Waals surface area contributed by atoms with Crippen molar-refractivity contribution in [3.05, 3.63) is 29.6 Å². The van der Waals surface area contributed by atoms with Crippen molar-refractivity contribution in [1.29, 1.82) is 5.26 Å². The average molecular weight is 216 g/mol. The number of rotatable bonds is 2. The number of nitriles is 1. The molecule has 1 fully saturated rings. The zero-order valence-corrected chi connectivity index (χ0v) is 9.43. The molecule has 2 atom stereocenters. The largest absolute Gasteiger partial charge is 0.326 e. The molecular formula is C12H16N4. The molecule has 0 amide bonds. The van der Waals surface area contributed by atoms with Crippen molar-refractivity contribution in [2.75, 3.05) is 13.1 Å². The molecule has 0 radical (unpaired) electrons. The molecule has 0 aliphatic carbocycles. The van der Waals surface area contributed by atoms with Crippen molar-refractivity contribution in [3.8, 4) is 6.07 Å². The second kappa shape index (κ2) is 4.60. The Morgan fingerprint density at radius 3 is 3.06 bits per heavy atom. The van der Waals surface area contributed by atoms with Gasteiger partial charge in [-0.2, -0.15) is 5.26 Å². The second-order valence-electron chi connectivity index (χ2n) is 4.50. The van der Waals surface area contributed by atoms with E-state index in [0.717, 1.165) is 25.2 Å². The minimum atomic E-state index is 0.275. The van der Waals surface area contributed by atoms with E-state index in [1.165, 1.54) is 0 Å². The van der Waals surface area contributed by atoms with Gasteiger partial charge in [0.2, 0.25) is 0 Å². The number of nitrogens with zero attached hydrogens (tertiary/aromatic N) is 3. The van der Waals surface area contributed by atoms with E-state index in [1.807, 2.05) is 12.1 Å². The maximum Gasteiger partial charge on any atom is 0.140 e. The van der Waals surface area contributed by atoms with Gasteiger partial charge in [-0.1, -0.05) is 6.92 Å². The van der Waals surface area contributed by atoms with E-state index in [4.69, 9.17) is 11.0 Å². The van der Waals surface area contributed by atoms with Gasteiger partial charge < -0.3 is 5.73 Å². The molecule has 0 saturated carbocycles. The Morgan fingerprint density at radius 1 is 1.62 bits per heavy atom. The molecule has 1 aliphatic rings. The maximum atomic E-state index is 8.76. The zero-order valence-electron chi connectivity index (χ0n) is 9.43. The predicted octanol–water partition coefficient (Wildman–Crippen LogP) is 0.732. The molecule has 0 bridgehead atoms. The van der Waals surface area contributed by atoms with Crippen LogP contribution < -0.4 is 5.73 Å². The Hall–Kier alpha value is -1.44. The number of nitrogens with two attached hydrogens (primary N) is 1. The predicted molar refractivity (Wildman–Crippen MR) is 61.4 cm³/mol. The highest BCUT2D eigenvalue weighted by molar-refractivity contribution is 5.25. The Labute approximate surface area is 95.7 Å². The lowest BCUT2D eigenvalue weighted by Crippen LogP contribution is -2.28. The molecule has 2 rings (SSSR count). The molecule has 1 aliphatic heterocycles. The SMILES string of the molecule is CC1CN(Cc2ccnc(C#N)c2)CC1N. The van der Waals surface area contributed by atoms with E-state index >= 15 is 0 Å². The van der Waals surface area contributed by atoms with Crippen LogP contribution >= 0.6 is 0 Å². The molecule has 2 unspecified atom stereocenters. The normalized spacial score (nSPS) is 25.6. The Balaban J connectivity index is 2.02. The van der Waals surface area contributed by atoms with Crippen molar-refractivity contribution in [3.63, 3.8) is 0 Å². The first-order valence-electron chi connectivity index (χ1n) is 5.52. The van der Waals surface area contributed by atoms with Crippen LogP contribution in [0.15, 0.2) is 18.3 Å². The monoisotopic (exact) mass is 216 g/mol. The third-order valence-electron chi connectivity index (χ3n) is 3.09. The first-order valence-corrected chi connectivity index (χ1v) is 5.52. The highest BCUT2D eigenvalue weighted by atomic mass is 15.2. The lowest BCUT2D eigenvalue weighted by atomic mass is 10.1. The van der Waals surface area contributed by atoms with Gasteiger partial charge in [0.1, 0.15) is 11.8 Å². The van der Waals surface area contributed by atoms with Crippen LogP contribution in [0, 0.1) is 17.2 Å². The fourth-order valence-corrected chi connectivity index (χ4v) is 2.12. The summed E-state index contributed by atoms with van der Waals surface area (Å²) in [6.07, 6.45) is 1.69. The van der Waals surface area contributed by atoms with E-state index in [0.29, 0.717) is 11.6 Å². The molecule has 0 aromatic carbocycles. The maximum absolute atomic E-state index is 8.76. The van der Waals surface area contributed by atoms with Crippen LogP contribution in [-0.4, -0.2) is 29.0 Å². The first kappa shape index (κ1) is 11.1. The minimum Gasteiger partial charge on any atom is -0.326 e. The van der Waals surface area contributed by atoms with Crippen LogP contribution in [0.4, 0.5) is 0 Å².